The smallest absolute Gasteiger partial charge is 0.276 e. The molecule has 1 aliphatic heterocycles. The monoisotopic (exact) mass is 371 g/mol. The highest BCUT2D eigenvalue weighted by Gasteiger charge is 2.27. The van der Waals surface area contributed by atoms with Crippen LogP contribution in [0.1, 0.15) is 21.5 Å². The van der Waals surface area contributed by atoms with Crippen LogP contribution in [0.25, 0.3) is 0 Å². The molecule has 1 N–H and O–H groups in total. The molecule has 5 nitrogen and oxygen atoms in total. The third-order valence-corrected chi connectivity index (χ3v) is 4.25. The van der Waals surface area contributed by atoms with E-state index in [0.717, 1.165) is 0 Å². The zero-order valence-electron chi connectivity index (χ0n) is 14.6. The second kappa shape index (κ2) is 7.36. The van der Waals surface area contributed by atoms with E-state index in [1.54, 1.807) is 48.5 Å². The van der Waals surface area contributed by atoms with Crippen molar-refractivity contribution in [1.82, 2.24) is 0 Å². The lowest BCUT2D eigenvalue weighted by molar-refractivity contribution is -0.110. The van der Waals surface area contributed by atoms with Crippen LogP contribution in [0.4, 0.5) is 10.1 Å². The minimum Gasteiger partial charge on any atom is -0.320 e. The summed E-state index contributed by atoms with van der Waals surface area (Å²) < 4.78 is 13.6. The number of nitrogens with zero attached hydrogens (tertiary/aromatic N) is 2. The Bertz CT molecular complexity index is 1120. The normalized spacial score (nSPS) is 14.7. The van der Waals surface area contributed by atoms with Gasteiger partial charge in [-0.1, -0.05) is 60.7 Å². The van der Waals surface area contributed by atoms with Gasteiger partial charge in [0.05, 0.1) is 5.69 Å². The number of anilines is 1. The standard InChI is InChI=1S/C22H14FN3O2/c23-16-11-12-18-17(13-16)20(22(28)24-18)26-25-19(14-7-3-1-4-8-14)21(27)15-9-5-2-6-10-15/h1-13H,(H,24,26,28)/b25-19-. The van der Waals surface area contributed by atoms with E-state index in [1.165, 1.54) is 18.2 Å². The molecule has 136 valence electrons. The van der Waals surface area contributed by atoms with E-state index in [4.69, 9.17) is 0 Å². The number of ketones is 1. The predicted octanol–water partition coefficient (Wildman–Crippen LogP) is 3.85. The highest BCUT2D eigenvalue weighted by Crippen LogP contribution is 2.24. The van der Waals surface area contributed by atoms with Crippen molar-refractivity contribution in [3.63, 3.8) is 0 Å². The fourth-order valence-corrected chi connectivity index (χ4v) is 2.88. The average molecular weight is 371 g/mol. The largest absolute Gasteiger partial charge is 0.320 e. The second-order valence-electron chi connectivity index (χ2n) is 6.10. The van der Waals surface area contributed by atoms with Crippen LogP contribution in [0.15, 0.2) is 89.1 Å². The number of amides is 1. The lowest BCUT2D eigenvalue weighted by atomic mass is 10.0. The van der Waals surface area contributed by atoms with Gasteiger partial charge in [0.25, 0.3) is 5.91 Å². The van der Waals surface area contributed by atoms with Gasteiger partial charge < -0.3 is 5.32 Å². The lowest BCUT2D eigenvalue weighted by Gasteiger charge is -2.05. The van der Waals surface area contributed by atoms with Crippen LogP contribution in [0.2, 0.25) is 0 Å². The Morgan fingerprint density at radius 2 is 1.50 bits per heavy atom. The maximum absolute atomic E-state index is 13.6. The van der Waals surface area contributed by atoms with Gasteiger partial charge in [-0.05, 0) is 18.2 Å². The molecule has 3 aromatic rings. The molecule has 6 heteroatoms. The van der Waals surface area contributed by atoms with Crippen LogP contribution in [0.3, 0.4) is 0 Å². The first-order valence-electron chi connectivity index (χ1n) is 8.55. The summed E-state index contributed by atoms with van der Waals surface area (Å²) in [5.41, 5.74) is 1.84. The number of halogens is 1. The molecule has 28 heavy (non-hydrogen) atoms. The summed E-state index contributed by atoms with van der Waals surface area (Å²) in [6.45, 7) is 0. The van der Waals surface area contributed by atoms with Crippen molar-refractivity contribution in [3.05, 3.63) is 101 Å². The summed E-state index contributed by atoms with van der Waals surface area (Å²) in [7, 11) is 0. The van der Waals surface area contributed by atoms with Crippen LogP contribution < -0.4 is 5.32 Å². The van der Waals surface area contributed by atoms with Gasteiger partial charge in [0.1, 0.15) is 11.5 Å². The van der Waals surface area contributed by atoms with Crippen molar-refractivity contribution in [2.45, 2.75) is 0 Å². The fourth-order valence-electron chi connectivity index (χ4n) is 2.88. The van der Waals surface area contributed by atoms with Gasteiger partial charge >= 0.3 is 0 Å². The summed E-state index contributed by atoms with van der Waals surface area (Å²) in [5, 5.41) is 10.7. The molecule has 0 unspecified atom stereocenters. The Labute approximate surface area is 160 Å². The van der Waals surface area contributed by atoms with E-state index in [1.807, 2.05) is 12.1 Å². The van der Waals surface area contributed by atoms with E-state index in [-0.39, 0.29) is 17.2 Å². The predicted molar refractivity (Wildman–Crippen MR) is 105 cm³/mol. The molecule has 1 aliphatic rings. The SMILES string of the molecule is O=C1Nc2ccc(F)cc2/C1=N/N=C(\C(=O)c1ccccc1)c1ccccc1. The molecular formula is C22H14FN3O2. The van der Waals surface area contributed by atoms with Crippen molar-refractivity contribution in [1.29, 1.82) is 0 Å². The summed E-state index contributed by atoms with van der Waals surface area (Å²) in [6, 6.07) is 21.5. The van der Waals surface area contributed by atoms with Gasteiger partial charge in [0.2, 0.25) is 5.78 Å². The van der Waals surface area contributed by atoms with Gasteiger partial charge in [-0.3, -0.25) is 9.59 Å². The van der Waals surface area contributed by atoms with Crippen molar-refractivity contribution >= 4 is 28.8 Å². The molecule has 0 spiro atoms. The highest BCUT2D eigenvalue weighted by molar-refractivity contribution is 6.54. The van der Waals surface area contributed by atoms with E-state index in [0.29, 0.717) is 22.4 Å². The van der Waals surface area contributed by atoms with Crippen LogP contribution in [-0.2, 0) is 4.79 Å². The molecular weight excluding hydrogens is 357 g/mol. The first-order valence-corrected chi connectivity index (χ1v) is 8.55. The van der Waals surface area contributed by atoms with Gasteiger partial charge in [-0.2, -0.15) is 0 Å². The minimum absolute atomic E-state index is 0.0382. The third-order valence-electron chi connectivity index (χ3n) is 4.25. The van der Waals surface area contributed by atoms with E-state index < -0.39 is 11.7 Å². The summed E-state index contributed by atoms with van der Waals surface area (Å²) in [4.78, 5) is 25.2. The summed E-state index contributed by atoms with van der Waals surface area (Å²) in [6.07, 6.45) is 0. The van der Waals surface area contributed by atoms with Crippen molar-refractivity contribution in [2.75, 3.05) is 5.32 Å². The Balaban J connectivity index is 1.81. The zero-order valence-corrected chi connectivity index (χ0v) is 14.6. The van der Waals surface area contributed by atoms with Gasteiger partial charge in [-0.15, -0.1) is 10.2 Å². The Morgan fingerprint density at radius 1 is 0.857 bits per heavy atom. The van der Waals surface area contributed by atoms with Crippen molar-refractivity contribution < 1.29 is 14.0 Å². The molecule has 0 saturated heterocycles. The quantitative estimate of drug-likeness (QED) is 0.430. The zero-order chi connectivity index (χ0) is 19.5. The Kier molecular flexibility index (Phi) is 4.60. The number of carbonyl (C=O) groups excluding carboxylic acids is 2. The van der Waals surface area contributed by atoms with Crippen LogP contribution in [0.5, 0.6) is 0 Å². The molecule has 4 rings (SSSR count). The fraction of sp³-hybridized carbons (Fsp3) is 0. The Morgan fingerprint density at radius 3 is 2.18 bits per heavy atom. The summed E-state index contributed by atoms with van der Waals surface area (Å²) >= 11 is 0. The maximum atomic E-state index is 13.6. The topological polar surface area (TPSA) is 70.9 Å². The van der Waals surface area contributed by atoms with Crippen LogP contribution >= 0.6 is 0 Å². The lowest BCUT2D eigenvalue weighted by Crippen LogP contribution is -2.17. The molecule has 0 bridgehead atoms. The number of fused-ring (bicyclic) bond motifs is 1. The maximum Gasteiger partial charge on any atom is 0.276 e. The van der Waals surface area contributed by atoms with Crippen molar-refractivity contribution in [3.8, 4) is 0 Å². The number of hydrogen-bond donors (Lipinski definition) is 1. The van der Waals surface area contributed by atoms with E-state index in [9.17, 15) is 14.0 Å². The highest BCUT2D eigenvalue weighted by atomic mass is 19.1. The van der Waals surface area contributed by atoms with Crippen LogP contribution in [0, 0.1) is 5.82 Å². The molecule has 0 radical (unpaired) electrons. The van der Waals surface area contributed by atoms with Gasteiger partial charge in [0.15, 0.2) is 5.71 Å². The molecule has 1 amide bonds. The number of nitrogens with one attached hydrogen (secondary N) is 1. The molecule has 0 aromatic heterocycles. The first-order chi connectivity index (χ1) is 13.6. The number of carbonyl (C=O) groups is 2. The number of rotatable bonds is 4. The molecule has 3 aromatic carbocycles. The van der Waals surface area contributed by atoms with E-state index in [2.05, 4.69) is 15.5 Å². The number of Topliss-reactive ketones (excluding diaryl/α,β-unsaturated/α-hetero) is 1. The van der Waals surface area contributed by atoms with Crippen molar-refractivity contribution in [2.24, 2.45) is 10.2 Å². The Hall–Kier alpha value is -3.93. The molecule has 1 heterocycles. The molecule has 0 atom stereocenters. The summed E-state index contributed by atoms with van der Waals surface area (Å²) in [5.74, 6) is -1.31. The van der Waals surface area contributed by atoms with Gasteiger partial charge in [0, 0.05) is 16.7 Å². The second-order valence-corrected chi connectivity index (χ2v) is 6.10. The number of benzene rings is 3. The molecule has 0 saturated carbocycles. The first kappa shape index (κ1) is 17.5. The average Bonchev–Trinajstić information content (AvgIpc) is 3.04. The third kappa shape index (κ3) is 3.35. The van der Waals surface area contributed by atoms with Crippen LogP contribution in [-0.4, -0.2) is 23.1 Å². The molecule has 0 fully saturated rings. The van der Waals surface area contributed by atoms with E-state index >= 15 is 0 Å². The van der Waals surface area contributed by atoms with Gasteiger partial charge in [-0.25, -0.2) is 4.39 Å². The minimum atomic E-state index is -0.496. The molecule has 0 aliphatic carbocycles. The number of hydrogen-bond acceptors (Lipinski definition) is 4.